The SMILES string of the molecule is CC(=O)Nc1cc(Cl)cc(Nc2nccc(-c3cc(C#N)c4c(c3)[C@@](C)(CO[Si](C)(C)C(C)(C)C)CN4)n2)c1C. The fourth-order valence-corrected chi connectivity index (χ4v) is 5.77. The lowest BCUT2D eigenvalue weighted by molar-refractivity contribution is -0.114. The number of aromatic nitrogens is 2. The number of nitriles is 1. The Kier molecular flexibility index (Phi) is 8.01. The van der Waals surface area contributed by atoms with Gasteiger partial charge in [-0.25, -0.2) is 9.97 Å². The molecule has 2 aromatic carbocycles. The summed E-state index contributed by atoms with van der Waals surface area (Å²) in [5, 5.41) is 20.1. The van der Waals surface area contributed by atoms with E-state index in [4.69, 9.17) is 21.0 Å². The maximum atomic E-state index is 11.6. The molecule has 210 valence electrons. The van der Waals surface area contributed by atoms with E-state index in [0.29, 0.717) is 46.8 Å². The third-order valence-electron chi connectivity index (χ3n) is 8.00. The molecule has 4 rings (SSSR count). The molecule has 8 nitrogen and oxygen atoms in total. The number of halogens is 1. The Labute approximate surface area is 242 Å². The molecule has 10 heteroatoms. The van der Waals surface area contributed by atoms with Crippen LogP contribution in [0.25, 0.3) is 11.3 Å². The van der Waals surface area contributed by atoms with Crippen LogP contribution in [0, 0.1) is 18.3 Å². The fraction of sp³-hybridized carbons (Fsp3) is 0.400. The van der Waals surface area contributed by atoms with Gasteiger partial charge in [-0.1, -0.05) is 39.3 Å². The third-order valence-corrected chi connectivity index (χ3v) is 12.7. The Hall–Kier alpha value is -3.45. The summed E-state index contributed by atoms with van der Waals surface area (Å²) in [6.45, 7) is 18.0. The van der Waals surface area contributed by atoms with Gasteiger partial charge in [0.05, 0.1) is 16.9 Å². The van der Waals surface area contributed by atoms with E-state index >= 15 is 0 Å². The number of carbonyl (C=O) groups is 1. The zero-order valence-corrected chi connectivity index (χ0v) is 26.2. The molecule has 2 heterocycles. The molecule has 0 unspecified atom stereocenters. The van der Waals surface area contributed by atoms with Crippen LogP contribution in [0.3, 0.4) is 0 Å². The zero-order chi connectivity index (χ0) is 29.5. The Bertz CT molecular complexity index is 1510. The second-order valence-electron chi connectivity index (χ2n) is 12.2. The van der Waals surface area contributed by atoms with Crippen molar-refractivity contribution in [3.05, 3.63) is 58.2 Å². The number of nitrogens with one attached hydrogen (secondary N) is 3. The monoisotopic (exact) mass is 576 g/mol. The first kappa shape index (κ1) is 29.5. The molecule has 0 saturated carbocycles. The summed E-state index contributed by atoms with van der Waals surface area (Å²) in [7, 11) is -1.96. The minimum Gasteiger partial charge on any atom is -0.416 e. The topological polar surface area (TPSA) is 112 Å². The van der Waals surface area contributed by atoms with Crippen molar-refractivity contribution in [1.29, 1.82) is 5.26 Å². The van der Waals surface area contributed by atoms with Crippen LogP contribution in [-0.2, 0) is 14.6 Å². The second kappa shape index (κ2) is 10.8. The lowest BCUT2D eigenvalue weighted by Gasteiger charge is -2.39. The molecule has 40 heavy (non-hydrogen) atoms. The predicted octanol–water partition coefficient (Wildman–Crippen LogP) is 7.38. The molecule has 1 atom stereocenters. The van der Waals surface area contributed by atoms with Gasteiger partial charge in [0.1, 0.15) is 6.07 Å². The maximum Gasteiger partial charge on any atom is 0.227 e. The number of carbonyl (C=O) groups excluding carboxylic acids is 1. The summed E-state index contributed by atoms with van der Waals surface area (Å²) in [5.74, 6) is 0.188. The van der Waals surface area contributed by atoms with Crippen molar-refractivity contribution in [2.24, 2.45) is 0 Å². The Morgan fingerprint density at radius 3 is 2.60 bits per heavy atom. The van der Waals surface area contributed by atoms with Gasteiger partial charge in [0.15, 0.2) is 8.32 Å². The van der Waals surface area contributed by atoms with E-state index in [2.05, 4.69) is 73.9 Å². The molecule has 1 aliphatic heterocycles. The van der Waals surface area contributed by atoms with E-state index in [-0.39, 0.29) is 16.4 Å². The summed E-state index contributed by atoms with van der Waals surface area (Å²) < 4.78 is 6.64. The second-order valence-corrected chi connectivity index (χ2v) is 17.5. The van der Waals surface area contributed by atoms with Crippen molar-refractivity contribution in [2.75, 3.05) is 29.1 Å². The quantitative estimate of drug-likeness (QED) is 0.251. The van der Waals surface area contributed by atoms with E-state index in [1.54, 1.807) is 18.3 Å². The molecule has 0 fully saturated rings. The summed E-state index contributed by atoms with van der Waals surface area (Å²) in [6, 6.07) is 11.6. The van der Waals surface area contributed by atoms with Gasteiger partial charge in [-0.05, 0) is 66.5 Å². The number of fused-ring (bicyclic) bond motifs is 1. The van der Waals surface area contributed by atoms with E-state index < -0.39 is 8.32 Å². The van der Waals surface area contributed by atoms with Crippen LogP contribution in [0.5, 0.6) is 0 Å². The van der Waals surface area contributed by atoms with Gasteiger partial charge in [0.25, 0.3) is 0 Å². The lowest BCUT2D eigenvalue weighted by atomic mass is 9.83. The van der Waals surface area contributed by atoms with E-state index in [9.17, 15) is 10.1 Å². The molecular weight excluding hydrogens is 540 g/mol. The maximum absolute atomic E-state index is 11.6. The number of rotatable bonds is 7. The molecule has 0 spiro atoms. The van der Waals surface area contributed by atoms with Crippen molar-refractivity contribution in [3.8, 4) is 17.3 Å². The molecule has 0 radical (unpaired) electrons. The molecule has 1 aromatic heterocycles. The number of amides is 1. The number of hydrogen-bond acceptors (Lipinski definition) is 7. The Morgan fingerprint density at radius 2 is 1.95 bits per heavy atom. The van der Waals surface area contributed by atoms with Crippen LogP contribution in [0.1, 0.15) is 51.3 Å². The standard InChI is InChI=1S/C30H37ClN6O2Si/c1-18-25(35-19(2)38)13-22(31)14-26(18)37-28-33-10-9-24(36-28)20-11-21(15-32)27-23(12-20)30(6,16-34-27)17-39-40(7,8)29(3,4)5/h9-14,34H,16-17H2,1-8H3,(H,35,38)(H,33,36,37)/t30-/m1/s1. The van der Waals surface area contributed by atoms with Crippen LogP contribution in [0.15, 0.2) is 36.5 Å². The first-order valence-electron chi connectivity index (χ1n) is 13.3. The molecule has 0 bridgehead atoms. The molecule has 1 aliphatic rings. The first-order chi connectivity index (χ1) is 18.6. The highest BCUT2D eigenvalue weighted by Gasteiger charge is 2.42. The van der Waals surface area contributed by atoms with E-state index in [1.807, 2.05) is 19.1 Å². The predicted molar refractivity (Wildman–Crippen MR) is 165 cm³/mol. The average molecular weight is 577 g/mol. The normalized spacial score (nSPS) is 16.6. The first-order valence-corrected chi connectivity index (χ1v) is 16.6. The summed E-state index contributed by atoms with van der Waals surface area (Å²) >= 11 is 6.32. The molecule has 1 amide bonds. The Balaban J connectivity index is 1.68. The van der Waals surface area contributed by atoms with Gasteiger partial charge in [0.2, 0.25) is 11.9 Å². The van der Waals surface area contributed by atoms with Gasteiger partial charge >= 0.3 is 0 Å². The number of anilines is 4. The molecule has 3 aromatic rings. The lowest BCUT2D eigenvalue weighted by Crippen LogP contribution is -2.45. The zero-order valence-electron chi connectivity index (χ0n) is 24.4. The minimum absolute atomic E-state index is 0.104. The molecule has 3 N–H and O–H groups in total. The average Bonchev–Trinajstić information content (AvgIpc) is 3.21. The van der Waals surface area contributed by atoms with Crippen LogP contribution < -0.4 is 16.0 Å². The van der Waals surface area contributed by atoms with Crippen molar-refractivity contribution >= 4 is 48.8 Å². The van der Waals surface area contributed by atoms with Crippen LogP contribution in [0.4, 0.5) is 23.0 Å². The molecule has 0 saturated heterocycles. The minimum atomic E-state index is -1.96. The molecular formula is C30H37ClN6O2Si. The van der Waals surface area contributed by atoms with Crippen molar-refractivity contribution in [1.82, 2.24) is 9.97 Å². The van der Waals surface area contributed by atoms with Gasteiger partial charge in [-0.2, -0.15) is 5.26 Å². The van der Waals surface area contributed by atoms with Gasteiger partial charge < -0.3 is 20.4 Å². The van der Waals surface area contributed by atoms with Crippen LogP contribution >= 0.6 is 11.6 Å². The smallest absolute Gasteiger partial charge is 0.227 e. The van der Waals surface area contributed by atoms with Crippen molar-refractivity contribution in [2.45, 2.75) is 65.1 Å². The van der Waals surface area contributed by atoms with Crippen LogP contribution in [0.2, 0.25) is 23.2 Å². The fourth-order valence-electron chi connectivity index (χ4n) is 4.44. The number of hydrogen-bond donors (Lipinski definition) is 3. The van der Waals surface area contributed by atoms with E-state index in [1.165, 1.54) is 6.92 Å². The van der Waals surface area contributed by atoms with Gasteiger partial charge in [-0.15, -0.1) is 0 Å². The Morgan fingerprint density at radius 1 is 1.25 bits per heavy atom. The van der Waals surface area contributed by atoms with Crippen molar-refractivity contribution < 1.29 is 9.22 Å². The highest BCUT2D eigenvalue weighted by atomic mass is 35.5. The number of benzene rings is 2. The van der Waals surface area contributed by atoms with Gasteiger partial charge in [-0.3, -0.25) is 4.79 Å². The van der Waals surface area contributed by atoms with Crippen molar-refractivity contribution in [3.63, 3.8) is 0 Å². The van der Waals surface area contributed by atoms with Gasteiger partial charge in [0, 0.05) is 53.6 Å². The largest absolute Gasteiger partial charge is 0.416 e. The highest BCUT2D eigenvalue weighted by molar-refractivity contribution is 6.74. The highest BCUT2D eigenvalue weighted by Crippen LogP contribution is 2.44. The molecule has 0 aliphatic carbocycles. The van der Waals surface area contributed by atoms with E-state index in [0.717, 1.165) is 22.4 Å². The summed E-state index contributed by atoms with van der Waals surface area (Å²) in [6.07, 6.45) is 1.68. The van der Waals surface area contributed by atoms with Crippen LogP contribution in [-0.4, -0.2) is 37.3 Å². The third kappa shape index (κ3) is 5.99. The summed E-state index contributed by atoms with van der Waals surface area (Å²) in [4.78, 5) is 20.8. The summed E-state index contributed by atoms with van der Waals surface area (Å²) in [5.41, 5.74) is 5.80. The number of nitrogens with zero attached hydrogens (tertiary/aromatic N) is 3.